The second-order valence-corrected chi connectivity index (χ2v) is 9.56. The minimum absolute atomic E-state index is 0.149. The lowest BCUT2D eigenvalue weighted by Gasteiger charge is -2.36. The number of amides is 1. The van der Waals surface area contributed by atoms with Crippen LogP contribution in [0.3, 0.4) is 0 Å². The maximum atomic E-state index is 12.8. The van der Waals surface area contributed by atoms with Gasteiger partial charge in [-0.05, 0) is 56.3 Å². The van der Waals surface area contributed by atoms with Gasteiger partial charge in [0.05, 0.1) is 16.3 Å². The zero-order valence-corrected chi connectivity index (χ0v) is 19.3. The molecule has 2 N–H and O–H groups in total. The summed E-state index contributed by atoms with van der Waals surface area (Å²) in [7, 11) is -3.59. The molecule has 1 fully saturated rings. The SMILES string of the molecule is CCC(C)NS(=O)(=O)c1ccc(C(=O)Nc2ccccc2N2CCN(CC)CC2)cc1. The smallest absolute Gasteiger partial charge is 0.255 e. The summed E-state index contributed by atoms with van der Waals surface area (Å²) in [6.45, 7) is 10.8. The molecule has 7 nitrogen and oxygen atoms in total. The van der Waals surface area contributed by atoms with Crippen molar-refractivity contribution in [2.24, 2.45) is 0 Å². The lowest BCUT2D eigenvalue weighted by molar-refractivity contribution is 0.102. The number of piperazine rings is 1. The van der Waals surface area contributed by atoms with Gasteiger partial charge in [-0.25, -0.2) is 13.1 Å². The van der Waals surface area contributed by atoms with E-state index in [9.17, 15) is 13.2 Å². The Hall–Kier alpha value is -2.42. The van der Waals surface area contributed by atoms with Gasteiger partial charge in [-0.3, -0.25) is 4.79 Å². The van der Waals surface area contributed by atoms with Crippen LogP contribution in [0.1, 0.15) is 37.6 Å². The molecule has 2 aromatic carbocycles. The first kappa shape index (κ1) is 23.2. The number of likely N-dealkylation sites (N-methyl/N-ethyl adjacent to an activating group) is 1. The third kappa shape index (κ3) is 5.84. The van der Waals surface area contributed by atoms with Crippen molar-refractivity contribution < 1.29 is 13.2 Å². The first-order valence-electron chi connectivity index (χ1n) is 10.8. The van der Waals surface area contributed by atoms with E-state index in [-0.39, 0.29) is 16.8 Å². The summed E-state index contributed by atoms with van der Waals surface area (Å²) in [5, 5.41) is 2.99. The molecule has 8 heteroatoms. The zero-order valence-electron chi connectivity index (χ0n) is 18.5. The van der Waals surface area contributed by atoms with Gasteiger partial charge >= 0.3 is 0 Å². The maximum Gasteiger partial charge on any atom is 0.255 e. The maximum absolute atomic E-state index is 12.8. The molecule has 1 unspecified atom stereocenters. The highest BCUT2D eigenvalue weighted by molar-refractivity contribution is 7.89. The summed E-state index contributed by atoms with van der Waals surface area (Å²) in [5.74, 6) is -0.265. The normalized spacial score (nSPS) is 16.2. The topological polar surface area (TPSA) is 81.7 Å². The molecule has 31 heavy (non-hydrogen) atoms. The quantitative estimate of drug-likeness (QED) is 0.654. The van der Waals surface area contributed by atoms with Crippen molar-refractivity contribution in [3.63, 3.8) is 0 Å². The number of hydrogen-bond acceptors (Lipinski definition) is 5. The molecule has 2 aromatic rings. The van der Waals surface area contributed by atoms with Gasteiger partial charge in [-0.1, -0.05) is 26.0 Å². The minimum atomic E-state index is -3.59. The average Bonchev–Trinajstić information content (AvgIpc) is 2.79. The summed E-state index contributed by atoms with van der Waals surface area (Å²) in [6.07, 6.45) is 0.701. The Labute approximate surface area is 185 Å². The Bertz CT molecular complexity index is 984. The summed E-state index contributed by atoms with van der Waals surface area (Å²) in [6, 6.07) is 13.7. The highest BCUT2D eigenvalue weighted by Gasteiger charge is 2.20. The zero-order chi connectivity index (χ0) is 22.4. The second kappa shape index (κ2) is 10.3. The Kier molecular flexibility index (Phi) is 7.69. The first-order valence-corrected chi connectivity index (χ1v) is 12.3. The molecular weight excluding hydrogens is 412 g/mol. The number of nitrogens with zero attached hydrogens (tertiary/aromatic N) is 2. The molecule has 0 bridgehead atoms. The molecular formula is C23H32N4O3S. The van der Waals surface area contributed by atoms with E-state index in [1.807, 2.05) is 38.1 Å². The largest absolute Gasteiger partial charge is 0.367 e. The molecule has 0 aliphatic carbocycles. The Morgan fingerprint density at radius 1 is 1.00 bits per heavy atom. The van der Waals surface area contributed by atoms with Gasteiger partial charge in [-0.15, -0.1) is 0 Å². The van der Waals surface area contributed by atoms with Crippen molar-refractivity contribution in [2.45, 2.75) is 38.1 Å². The second-order valence-electron chi connectivity index (χ2n) is 7.85. The third-order valence-electron chi connectivity index (χ3n) is 5.71. The Morgan fingerprint density at radius 2 is 1.65 bits per heavy atom. The number of benzene rings is 2. The van der Waals surface area contributed by atoms with Gasteiger partial charge in [0, 0.05) is 37.8 Å². The average molecular weight is 445 g/mol. The highest BCUT2D eigenvalue weighted by atomic mass is 32.2. The van der Waals surface area contributed by atoms with Crippen LogP contribution in [0.5, 0.6) is 0 Å². The molecule has 1 amide bonds. The molecule has 1 aliphatic rings. The predicted molar refractivity (Wildman–Crippen MR) is 125 cm³/mol. The van der Waals surface area contributed by atoms with Crippen LogP contribution in [-0.2, 0) is 10.0 Å². The van der Waals surface area contributed by atoms with Gasteiger partial charge in [-0.2, -0.15) is 0 Å². The van der Waals surface area contributed by atoms with E-state index in [1.54, 1.807) is 12.1 Å². The molecule has 168 valence electrons. The van der Waals surface area contributed by atoms with E-state index < -0.39 is 10.0 Å². The van der Waals surface area contributed by atoms with Crippen molar-refractivity contribution in [1.82, 2.24) is 9.62 Å². The fraction of sp³-hybridized carbons (Fsp3) is 0.435. The number of rotatable bonds is 8. The number of carbonyl (C=O) groups excluding carboxylic acids is 1. The van der Waals surface area contributed by atoms with Crippen molar-refractivity contribution >= 4 is 27.3 Å². The first-order chi connectivity index (χ1) is 14.8. The van der Waals surface area contributed by atoms with Crippen LogP contribution in [-0.4, -0.2) is 58.0 Å². The summed E-state index contributed by atoms with van der Waals surface area (Å²) < 4.78 is 27.5. The molecule has 0 aromatic heterocycles. The number of nitrogens with one attached hydrogen (secondary N) is 2. The molecule has 1 heterocycles. The van der Waals surface area contributed by atoms with E-state index in [2.05, 4.69) is 26.8 Å². The lowest BCUT2D eigenvalue weighted by atomic mass is 10.1. The number of sulfonamides is 1. The van der Waals surface area contributed by atoms with Crippen molar-refractivity contribution in [3.05, 3.63) is 54.1 Å². The van der Waals surface area contributed by atoms with Gasteiger partial charge in [0.2, 0.25) is 10.0 Å². The molecule has 1 saturated heterocycles. The highest BCUT2D eigenvalue weighted by Crippen LogP contribution is 2.27. The van der Waals surface area contributed by atoms with Crippen LogP contribution in [0.15, 0.2) is 53.4 Å². The van der Waals surface area contributed by atoms with Crippen LogP contribution in [0.2, 0.25) is 0 Å². The van der Waals surface area contributed by atoms with E-state index >= 15 is 0 Å². The van der Waals surface area contributed by atoms with Gasteiger partial charge < -0.3 is 15.1 Å². The van der Waals surface area contributed by atoms with Crippen LogP contribution >= 0.6 is 0 Å². The fourth-order valence-corrected chi connectivity index (χ4v) is 4.88. The minimum Gasteiger partial charge on any atom is -0.367 e. The predicted octanol–water partition coefficient (Wildman–Crippen LogP) is 3.16. The molecule has 0 spiro atoms. The number of anilines is 2. The van der Waals surface area contributed by atoms with Crippen molar-refractivity contribution in [2.75, 3.05) is 42.9 Å². The lowest BCUT2D eigenvalue weighted by Crippen LogP contribution is -2.46. The molecule has 1 aliphatic heterocycles. The standard InChI is InChI=1S/C23H32N4O3S/c1-4-18(3)25-31(29,30)20-12-10-19(11-13-20)23(28)24-21-8-6-7-9-22(21)27-16-14-26(5-2)15-17-27/h6-13,18,25H,4-5,14-17H2,1-3H3,(H,24,28). The van der Waals surface area contributed by atoms with Gasteiger partial charge in [0.1, 0.15) is 0 Å². The molecule has 3 rings (SSSR count). The fourth-order valence-electron chi connectivity index (χ4n) is 3.56. The number of carbonyl (C=O) groups is 1. The van der Waals surface area contributed by atoms with Crippen LogP contribution in [0.25, 0.3) is 0 Å². The monoisotopic (exact) mass is 444 g/mol. The Balaban J connectivity index is 1.71. The van der Waals surface area contributed by atoms with E-state index in [0.717, 1.165) is 44.1 Å². The van der Waals surface area contributed by atoms with E-state index in [0.29, 0.717) is 12.0 Å². The van der Waals surface area contributed by atoms with Crippen molar-refractivity contribution in [3.8, 4) is 0 Å². The van der Waals surface area contributed by atoms with Crippen LogP contribution in [0, 0.1) is 0 Å². The van der Waals surface area contributed by atoms with E-state index in [1.165, 1.54) is 12.1 Å². The molecule has 1 atom stereocenters. The summed E-state index contributed by atoms with van der Waals surface area (Å²) in [5.41, 5.74) is 2.17. The van der Waals surface area contributed by atoms with Crippen LogP contribution in [0.4, 0.5) is 11.4 Å². The van der Waals surface area contributed by atoms with Crippen molar-refractivity contribution in [1.29, 1.82) is 0 Å². The summed E-state index contributed by atoms with van der Waals surface area (Å²) in [4.78, 5) is 17.7. The van der Waals surface area contributed by atoms with E-state index in [4.69, 9.17) is 0 Å². The molecule has 0 saturated carbocycles. The van der Waals surface area contributed by atoms with Gasteiger partial charge in [0.25, 0.3) is 5.91 Å². The Morgan fingerprint density at radius 3 is 2.26 bits per heavy atom. The number of hydrogen-bond donors (Lipinski definition) is 2. The summed E-state index contributed by atoms with van der Waals surface area (Å²) >= 11 is 0. The molecule has 0 radical (unpaired) electrons. The van der Waals surface area contributed by atoms with Gasteiger partial charge in [0.15, 0.2) is 0 Å². The number of para-hydroxylation sites is 2. The third-order valence-corrected chi connectivity index (χ3v) is 7.31. The van der Waals surface area contributed by atoms with Crippen LogP contribution < -0.4 is 14.9 Å².